The number of aryl methyl sites for hydroxylation is 1. The average molecular weight is 1250 g/mol. The van der Waals surface area contributed by atoms with Gasteiger partial charge in [0.1, 0.15) is 5.82 Å². The molecule has 0 unspecified atom stereocenters. The number of ether oxygens (including phenoxy) is 1. The van der Waals surface area contributed by atoms with Crippen molar-refractivity contribution in [2.75, 3.05) is 15.1 Å². The van der Waals surface area contributed by atoms with Crippen LogP contribution in [0.5, 0.6) is 11.5 Å². The second-order valence-corrected chi connectivity index (χ2v) is 26.2. The van der Waals surface area contributed by atoms with Crippen LogP contribution in [0.2, 0.25) is 0 Å². The van der Waals surface area contributed by atoms with Crippen LogP contribution >= 0.6 is 0 Å². The molecule has 81 heavy (non-hydrogen) atoms. The number of pyridine rings is 1. The summed E-state index contributed by atoms with van der Waals surface area (Å²) < 4.78 is 60.5. The molecule has 0 radical (unpaired) electrons. The van der Waals surface area contributed by atoms with Crippen molar-refractivity contribution in [1.82, 2.24) is 4.98 Å². The van der Waals surface area contributed by atoms with Crippen LogP contribution in [0.3, 0.4) is 0 Å². The van der Waals surface area contributed by atoms with E-state index < -0.39 is 17.7 Å². The van der Waals surface area contributed by atoms with Crippen LogP contribution in [0.25, 0.3) is 44.5 Å². The maximum Gasteiger partial charge on any atom is 0.130 e. The molecule has 9 aromatic rings. The molecule has 1 aliphatic carbocycles. The fourth-order valence-electron chi connectivity index (χ4n) is 11.3. The van der Waals surface area contributed by atoms with Gasteiger partial charge in [0.25, 0.3) is 0 Å². The van der Waals surface area contributed by atoms with E-state index in [1.165, 1.54) is 17.3 Å². The first-order valence-corrected chi connectivity index (χ1v) is 28.1. The molecule has 2 heterocycles. The third-order valence-corrected chi connectivity index (χ3v) is 16.2. The number of aromatic nitrogens is 1. The van der Waals surface area contributed by atoms with Gasteiger partial charge in [-0.25, -0.2) is 4.98 Å². The van der Waals surface area contributed by atoms with Gasteiger partial charge in [-0.3, -0.25) is 0 Å². The molecule has 2 aliphatic rings. The summed E-state index contributed by atoms with van der Waals surface area (Å²) in [6.45, 7) is 27.9. The summed E-state index contributed by atoms with van der Waals surface area (Å²) in [6, 6.07) is 59.2. The van der Waals surface area contributed by atoms with Crippen LogP contribution in [-0.4, -0.2) is 4.98 Å². The van der Waals surface area contributed by atoms with E-state index in [9.17, 15) is 1.37 Å². The molecule has 0 spiro atoms. The molecule has 1 aliphatic heterocycles. The number of benzene rings is 8. The van der Waals surface area contributed by atoms with Crippen LogP contribution < -0.4 is 19.9 Å². The van der Waals surface area contributed by atoms with E-state index >= 15 is 0 Å². The molecule has 0 bridgehead atoms. The van der Waals surface area contributed by atoms with Crippen molar-refractivity contribution in [2.45, 2.75) is 137 Å². The summed E-state index contributed by atoms with van der Waals surface area (Å²) in [7, 11) is 0. The molecule has 5 nitrogen and oxygen atoms in total. The van der Waals surface area contributed by atoms with Crippen LogP contribution in [0.15, 0.2) is 176 Å². The van der Waals surface area contributed by atoms with Gasteiger partial charge in [0.15, 0.2) is 0 Å². The third kappa shape index (κ3) is 11.4. The quantitative estimate of drug-likeness (QED) is 0.138. The fourth-order valence-corrected chi connectivity index (χ4v) is 11.3. The summed E-state index contributed by atoms with van der Waals surface area (Å²) in [4.78, 5) is 9.37. The molecule has 0 saturated carbocycles. The van der Waals surface area contributed by atoms with Crippen molar-refractivity contribution in [1.29, 1.82) is 0 Å². The SMILES string of the molecule is [2H]c1c([2H])c(-c2cnc(Nc3cc(C(C)(C)C)ccc3-c3c[c-]c(Oc4[c-]c(N5[CH-]N(c6c(-c7cccc(C(C)(C)C)c7)cccc6-c6cccc(C(C)(C)C)c6)c6ccccc65)ccc4)cc3)cc2C([2H])([2H])[2H])c2c(c1[2H])C(C)(C)CCC2(C)C.[Pt]. The molecular formula is C75H77N4OPt-3. The summed E-state index contributed by atoms with van der Waals surface area (Å²) in [5.74, 6) is 1.34. The van der Waals surface area contributed by atoms with Crippen LogP contribution in [0.4, 0.5) is 34.3 Å². The zero-order valence-corrected chi connectivity index (χ0v) is 51.3. The second kappa shape index (κ2) is 21.6. The molecule has 0 amide bonds. The number of para-hydroxylation sites is 3. The van der Waals surface area contributed by atoms with Gasteiger partial charge in [-0.15, -0.1) is 48.3 Å². The third-order valence-electron chi connectivity index (χ3n) is 16.2. The number of anilines is 6. The number of nitrogens with zero attached hydrogens (tertiary/aromatic N) is 3. The van der Waals surface area contributed by atoms with Crippen molar-refractivity contribution in [2.24, 2.45) is 0 Å². The zero-order valence-electron chi connectivity index (χ0n) is 55.1. The number of fused-ring (bicyclic) bond motifs is 2. The number of hydrogen-bond acceptors (Lipinski definition) is 5. The number of hydrogen-bond donors (Lipinski definition) is 1. The Bertz CT molecular complexity index is 4020. The van der Waals surface area contributed by atoms with Crippen molar-refractivity contribution in [3.63, 3.8) is 0 Å². The Hall–Kier alpha value is -7.20. The summed E-state index contributed by atoms with van der Waals surface area (Å²) in [6.07, 6.45) is 3.11. The fraction of sp³-hybridized carbons (Fsp3) is 0.280. The number of nitrogens with one attached hydrogen (secondary N) is 1. The van der Waals surface area contributed by atoms with E-state index in [4.69, 9.17) is 16.6 Å². The van der Waals surface area contributed by atoms with E-state index in [1.54, 1.807) is 6.07 Å². The van der Waals surface area contributed by atoms with Gasteiger partial charge in [0, 0.05) is 82.3 Å². The summed E-state index contributed by atoms with van der Waals surface area (Å²) in [5.41, 5.74) is 15.4. The Morgan fingerprint density at radius 2 is 1.21 bits per heavy atom. The minimum atomic E-state index is -2.60. The van der Waals surface area contributed by atoms with Crippen molar-refractivity contribution in [3.05, 3.63) is 228 Å². The number of rotatable bonds is 10. The molecule has 0 atom stereocenters. The maximum atomic E-state index is 9.28. The van der Waals surface area contributed by atoms with Crippen LogP contribution in [-0.2, 0) is 48.1 Å². The molecule has 1 aromatic heterocycles. The Kier molecular flexibility index (Phi) is 13.2. The van der Waals surface area contributed by atoms with E-state index in [-0.39, 0.29) is 66.6 Å². The van der Waals surface area contributed by atoms with E-state index in [0.29, 0.717) is 34.1 Å². The Morgan fingerprint density at radius 1 is 0.593 bits per heavy atom. The maximum absolute atomic E-state index is 9.28. The van der Waals surface area contributed by atoms with Crippen molar-refractivity contribution < 1.29 is 34.0 Å². The van der Waals surface area contributed by atoms with Crippen molar-refractivity contribution >= 4 is 34.3 Å². The minimum Gasteiger partial charge on any atom is -0.509 e. The molecular weight excluding hydrogens is 1170 g/mol. The van der Waals surface area contributed by atoms with Crippen LogP contribution in [0.1, 0.15) is 144 Å². The largest absolute Gasteiger partial charge is 0.509 e. The minimum absolute atomic E-state index is 0. The molecule has 6 heteroatoms. The van der Waals surface area contributed by atoms with E-state index in [1.807, 2.05) is 36.4 Å². The smallest absolute Gasteiger partial charge is 0.130 e. The van der Waals surface area contributed by atoms with Crippen LogP contribution in [0, 0.1) is 25.7 Å². The molecule has 8 aromatic carbocycles. The van der Waals surface area contributed by atoms with E-state index in [0.717, 1.165) is 80.1 Å². The van der Waals surface area contributed by atoms with Gasteiger partial charge < -0.3 is 19.9 Å². The summed E-state index contributed by atoms with van der Waals surface area (Å²) >= 11 is 0. The zero-order chi connectivity index (χ0) is 61.6. The monoisotopic (exact) mass is 1250 g/mol. The van der Waals surface area contributed by atoms with Gasteiger partial charge in [-0.2, -0.15) is 18.2 Å². The average Bonchev–Trinajstić information content (AvgIpc) is 0.995. The van der Waals surface area contributed by atoms with Gasteiger partial charge in [-0.05, 0) is 121 Å². The Balaban J connectivity index is 0.00000838. The normalized spacial score (nSPS) is 15.9. The predicted octanol–water partition coefficient (Wildman–Crippen LogP) is 20.8. The van der Waals surface area contributed by atoms with Gasteiger partial charge in [0.2, 0.25) is 0 Å². The molecule has 0 fully saturated rings. The summed E-state index contributed by atoms with van der Waals surface area (Å²) in [5, 5.41) is 3.51. The molecule has 416 valence electrons. The standard InChI is InChI=1S/C75H77N4O.Pt/c1-49-42-68(76-47-63(49)62-30-21-31-64-69(62)75(13,14)41-40-74(64,11)12)77-65-45-55(73(8,9)10)36-39-59(65)50-34-37-57(38-35-50)80-58-27-19-26-56(46-58)78-48-79(67-33-16-15-32-66(67)78)70-60(51-22-17-24-53(43-51)71(2,3)4)28-20-29-61(70)52-23-18-25-54(44-52)72(5,6)7;/h15-37,39,42-45,47-48H,40-41H2,1-14H3,(H,76,77);/q-3;/i1D3,21D,30D,31D;. The Labute approximate surface area is 506 Å². The molecule has 1 N–H and O–H groups in total. The second-order valence-electron chi connectivity index (χ2n) is 26.2. The predicted molar refractivity (Wildman–Crippen MR) is 337 cm³/mol. The van der Waals surface area contributed by atoms with Gasteiger partial charge in [-0.1, -0.05) is 205 Å². The molecule has 0 saturated heterocycles. The molecule has 11 rings (SSSR count). The topological polar surface area (TPSA) is 40.6 Å². The first-order valence-electron chi connectivity index (χ1n) is 31.1. The first kappa shape index (κ1) is 49.6. The Morgan fingerprint density at radius 3 is 1.84 bits per heavy atom. The first-order chi connectivity index (χ1) is 40.4. The van der Waals surface area contributed by atoms with Gasteiger partial charge >= 0.3 is 0 Å². The van der Waals surface area contributed by atoms with Crippen molar-refractivity contribution in [3.8, 4) is 56.0 Å². The van der Waals surface area contributed by atoms with E-state index in [2.05, 4.69) is 233 Å². The van der Waals surface area contributed by atoms with Gasteiger partial charge in [0.05, 0.1) is 4.11 Å².